The van der Waals surface area contributed by atoms with Crippen molar-refractivity contribution in [2.24, 2.45) is 11.8 Å². The second-order valence-electron chi connectivity index (χ2n) is 4.87. The molecule has 0 N–H and O–H groups in total. The molecule has 1 aromatic carbocycles. The lowest BCUT2D eigenvalue weighted by Crippen LogP contribution is -2.16. The molecule has 0 saturated carbocycles. The van der Waals surface area contributed by atoms with E-state index in [0.717, 1.165) is 17.2 Å². The first-order valence-electron chi connectivity index (χ1n) is 6.28. The van der Waals surface area contributed by atoms with Crippen molar-refractivity contribution in [3.8, 4) is 0 Å². The highest BCUT2D eigenvalue weighted by molar-refractivity contribution is 9.09. The van der Waals surface area contributed by atoms with Gasteiger partial charge in [-0.1, -0.05) is 72.4 Å². The normalized spacial score (nSPS) is 14.8. The Hall–Kier alpha value is -0.300. The average molecular weight is 283 g/mol. The van der Waals surface area contributed by atoms with E-state index in [1.807, 2.05) is 0 Å². The molecule has 16 heavy (non-hydrogen) atoms. The minimum Gasteiger partial charge on any atom is -0.0925 e. The summed E-state index contributed by atoms with van der Waals surface area (Å²) in [5.41, 5.74) is 2.85. The van der Waals surface area contributed by atoms with Crippen LogP contribution in [-0.2, 0) is 6.42 Å². The molecular formula is C15H23Br. The first kappa shape index (κ1) is 13.8. The smallest absolute Gasteiger partial charge is 0.00653 e. The molecule has 0 aliphatic carbocycles. The molecule has 0 aromatic heterocycles. The maximum absolute atomic E-state index is 3.66. The van der Waals surface area contributed by atoms with Crippen LogP contribution in [0.15, 0.2) is 24.3 Å². The number of benzene rings is 1. The van der Waals surface area contributed by atoms with E-state index < -0.39 is 0 Å². The predicted octanol–water partition coefficient (Wildman–Crippen LogP) is 4.98. The summed E-state index contributed by atoms with van der Waals surface area (Å²) >= 11 is 3.66. The van der Waals surface area contributed by atoms with E-state index in [1.165, 1.54) is 30.4 Å². The van der Waals surface area contributed by atoms with Gasteiger partial charge in [-0.25, -0.2) is 0 Å². The summed E-state index contributed by atoms with van der Waals surface area (Å²) in [5.74, 6) is 1.58. The van der Waals surface area contributed by atoms with Crippen molar-refractivity contribution in [3.05, 3.63) is 35.4 Å². The van der Waals surface area contributed by atoms with Crippen molar-refractivity contribution in [3.63, 3.8) is 0 Å². The zero-order valence-electron chi connectivity index (χ0n) is 10.7. The van der Waals surface area contributed by atoms with Gasteiger partial charge in [0.05, 0.1) is 0 Å². The van der Waals surface area contributed by atoms with Gasteiger partial charge in [-0.3, -0.25) is 0 Å². The van der Waals surface area contributed by atoms with E-state index in [0.29, 0.717) is 0 Å². The Kier molecular flexibility index (Phi) is 6.12. The van der Waals surface area contributed by atoms with Crippen molar-refractivity contribution in [1.82, 2.24) is 0 Å². The third kappa shape index (κ3) is 4.29. The molecule has 0 amide bonds. The molecule has 0 spiro atoms. The monoisotopic (exact) mass is 282 g/mol. The fraction of sp³-hybridized carbons (Fsp3) is 0.600. The minimum atomic E-state index is 0.766. The minimum absolute atomic E-state index is 0.766. The number of hydrogen-bond donors (Lipinski definition) is 0. The van der Waals surface area contributed by atoms with Crippen LogP contribution in [0.3, 0.4) is 0 Å². The summed E-state index contributed by atoms with van der Waals surface area (Å²) in [7, 11) is 0. The Morgan fingerprint density at radius 2 is 2.06 bits per heavy atom. The molecule has 0 radical (unpaired) electrons. The zero-order chi connectivity index (χ0) is 12.0. The van der Waals surface area contributed by atoms with E-state index in [1.54, 1.807) is 0 Å². The second-order valence-corrected chi connectivity index (χ2v) is 5.52. The summed E-state index contributed by atoms with van der Waals surface area (Å²) in [5, 5.41) is 1.11. The quantitative estimate of drug-likeness (QED) is 0.645. The molecule has 1 rings (SSSR count). The van der Waals surface area contributed by atoms with Crippen molar-refractivity contribution in [2.45, 2.75) is 40.0 Å². The largest absolute Gasteiger partial charge is 0.0925 e. The topological polar surface area (TPSA) is 0 Å². The highest BCUT2D eigenvalue weighted by atomic mass is 79.9. The maximum Gasteiger partial charge on any atom is 0.00653 e. The predicted molar refractivity (Wildman–Crippen MR) is 76.2 cm³/mol. The van der Waals surface area contributed by atoms with Gasteiger partial charge in [-0.2, -0.15) is 0 Å². The van der Waals surface area contributed by atoms with E-state index >= 15 is 0 Å². The van der Waals surface area contributed by atoms with E-state index in [9.17, 15) is 0 Å². The Bertz CT molecular complexity index is 306. The molecule has 1 heteroatoms. The number of halogens is 1. The zero-order valence-corrected chi connectivity index (χ0v) is 12.3. The van der Waals surface area contributed by atoms with Crippen LogP contribution in [0.5, 0.6) is 0 Å². The van der Waals surface area contributed by atoms with Crippen molar-refractivity contribution >= 4 is 15.9 Å². The lowest BCUT2D eigenvalue weighted by atomic mass is 9.86. The molecule has 0 saturated heterocycles. The number of rotatable bonds is 6. The van der Waals surface area contributed by atoms with Crippen LogP contribution in [0.25, 0.3) is 0 Å². The summed E-state index contributed by atoms with van der Waals surface area (Å²) in [6.07, 6.45) is 3.83. The Morgan fingerprint density at radius 3 is 2.62 bits per heavy atom. The first-order chi connectivity index (χ1) is 7.67. The summed E-state index contributed by atoms with van der Waals surface area (Å²) < 4.78 is 0. The first-order valence-corrected chi connectivity index (χ1v) is 7.41. The van der Waals surface area contributed by atoms with E-state index in [4.69, 9.17) is 0 Å². The molecule has 1 aromatic rings. The van der Waals surface area contributed by atoms with Crippen LogP contribution in [0.1, 0.15) is 37.8 Å². The van der Waals surface area contributed by atoms with Gasteiger partial charge in [-0.05, 0) is 30.7 Å². The van der Waals surface area contributed by atoms with Gasteiger partial charge >= 0.3 is 0 Å². The van der Waals surface area contributed by atoms with E-state index in [-0.39, 0.29) is 0 Å². The maximum atomic E-state index is 3.66. The van der Waals surface area contributed by atoms with Crippen LogP contribution in [0.2, 0.25) is 0 Å². The Balaban J connectivity index is 2.62. The van der Waals surface area contributed by atoms with Gasteiger partial charge in [0.1, 0.15) is 0 Å². The Labute approximate surface area is 109 Å². The van der Waals surface area contributed by atoms with Crippen LogP contribution in [0, 0.1) is 18.8 Å². The van der Waals surface area contributed by atoms with Crippen molar-refractivity contribution < 1.29 is 0 Å². The van der Waals surface area contributed by atoms with Gasteiger partial charge in [0.25, 0.3) is 0 Å². The average Bonchev–Trinajstić information content (AvgIpc) is 2.26. The van der Waals surface area contributed by atoms with Crippen molar-refractivity contribution in [1.29, 1.82) is 0 Å². The third-order valence-corrected chi connectivity index (χ3v) is 4.16. The molecule has 0 fully saturated rings. The summed E-state index contributed by atoms with van der Waals surface area (Å²) in [4.78, 5) is 0. The number of alkyl halides is 1. The van der Waals surface area contributed by atoms with Gasteiger partial charge in [0, 0.05) is 5.33 Å². The Morgan fingerprint density at radius 1 is 1.31 bits per heavy atom. The van der Waals surface area contributed by atoms with Gasteiger partial charge in [0.15, 0.2) is 0 Å². The second kappa shape index (κ2) is 7.11. The summed E-state index contributed by atoms with van der Waals surface area (Å²) in [6.45, 7) is 6.82. The highest BCUT2D eigenvalue weighted by Gasteiger charge is 2.15. The number of aryl methyl sites for hydroxylation is 1. The van der Waals surface area contributed by atoms with Crippen LogP contribution >= 0.6 is 15.9 Å². The number of hydrogen-bond acceptors (Lipinski definition) is 0. The molecular weight excluding hydrogens is 260 g/mol. The molecule has 0 aliphatic rings. The van der Waals surface area contributed by atoms with Gasteiger partial charge in [0.2, 0.25) is 0 Å². The van der Waals surface area contributed by atoms with Gasteiger partial charge in [-0.15, -0.1) is 0 Å². The van der Waals surface area contributed by atoms with Gasteiger partial charge < -0.3 is 0 Å². The summed E-state index contributed by atoms with van der Waals surface area (Å²) in [6, 6.07) is 8.90. The van der Waals surface area contributed by atoms with E-state index in [2.05, 4.69) is 61.0 Å². The van der Waals surface area contributed by atoms with Crippen molar-refractivity contribution in [2.75, 3.05) is 5.33 Å². The lowest BCUT2D eigenvalue weighted by molar-refractivity contribution is 0.367. The third-order valence-electron chi connectivity index (χ3n) is 3.33. The molecule has 90 valence electrons. The van der Waals surface area contributed by atoms with Crippen LogP contribution < -0.4 is 0 Å². The fourth-order valence-electron chi connectivity index (χ4n) is 2.24. The fourth-order valence-corrected chi connectivity index (χ4v) is 3.11. The molecule has 2 unspecified atom stereocenters. The van der Waals surface area contributed by atoms with Crippen LogP contribution in [-0.4, -0.2) is 5.33 Å². The molecule has 2 atom stereocenters. The molecule has 0 nitrogen and oxygen atoms in total. The van der Waals surface area contributed by atoms with Crippen LogP contribution in [0.4, 0.5) is 0 Å². The molecule has 0 aliphatic heterocycles. The highest BCUT2D eigenvalue weighted by Crippen LogP contribution is 2.23. The molecule has 0 bridgehead atoms. The molecule has 0 heterocycles. The standard InChI is InChI=1S/C15H23Br/c1-4-6-13(3)15(11-16)10-14-8-5-7-12(2)9-14/h5,7-9,13,15H,4,6,10-11H2,1-3H3. The SMILES string of the molecule is CCCC(C)C(CBr)Cc1cccc(C)c1. The lowest BCUT2D eigenvalue weighted by Gasteiger charge is -2.21.